The first-order valence-corrected chi connectivity index (χ1v) is 6.85. The van der Waals surface area contributed by atoms with E-state index in [9.17, 15) is 13.6 Å². The summed E-state index contributed by atoms with van der Waals surface area (Å²) in [4.78, 5) is 15.5. The molecular formula is C14H17ClF2N2O2. The average Bonchev–Trinajstić information content (AvgIpc) is 2.41. The summed E-state index contributed by atoms with van der Waals surface area (Å²) in [5.74, 6) is 0. The van der Waals surface area contributed by atoms with Crippen LogP contribution < -0.4 is 5.32 Å². The molecule has 0 bridgehead atoms. The van der Waals surface area contributed by atoms with E-state index in [1.54, 1.807) is 19.1 Å². The lowest BCUT2D eigenvalue weighted by Crippen LogP contribution is -2.15. The smallest absolute Gasteiger partial charge is 0.411 e. The maximum Gasteiger partial charge on any atom is 0.411 e. The van der Waals surface area contributed by atoms with Gasteiger partial charge in [0.15, 0.2) is 5.15 Å². The summed E-state index contributed by atoms with van der Waals surface area (Å²) in [6, 6.07) is 3.34. The Labute approximate surface area is 127 Å². The highest BCUT2D eigenvalue weighted by Gasteiger charge is 2.07. The molecule has 0 atom stereocenters. The van der Waals surface area contributed by atoms with E-state index in [4.69, 9.17) is 16.3 Å². The molecule has 1 amide bonds. The molecule has 1 N–H and O–H groups in total. The van der Waals surface area contributed by atoms with Crippen LogP contribution >= 0.6 is 11.6 Å². The fraction of sp³-hybridized carbons (Fsp3) is 0.429. The minimum atomic E-state index is -1.64. The third-order valence-corrected chi connectivity index (χ3v) is 3.01. The van der Waals surface area contributed by atoms with E-state index >= 15 is 0 Å². The predicted molar refractivity (Wildman–Crippen MR) is 77.7 cm³/mol. The van der Waals surface area contributed by atoms with E-state index in [0.29, 0.717) is 24.9 Å². The predicted octanol–water partition coefficient (Wildman–Crippen LogP) is 4.93. The number of nitrogens with one attached hydrogen (secondary N) is 1. The zero-order chi connectivity index (χ0) is 15.8. The summed E-state index contributed by atoms with van der Waals surface area (Å²) in [5.41, 5.74) is 1.17. The molecule has 0 aliphatic carbocycles. The summed E-state index contributed by atoms with van der Waals surface area (Å²) in [7, 11) is 0. The minimum absolute atomic E-state index is 0.0666. The molecule has 1 aromatic rings. The van der Waals surface area contributed by atoms with Crippen molar-refractivity contribution >= 4 is 23.4 Å². The monoisotopic (exact) mass is 318 g/mol. The molecule has 116 valence electrons. The van der Waals surface area contributed by atoms with Crippen molar-refractivity contribution in [2.45, 2.75) is 33.1 Å². The lowest BCUT2D eigenvalue weighted by Gasteiger charge is -2.08. The fourth-order valence-corrected chi connectivity index (χ4v) is 1.76. The molecule has 1 heterocycles. The Balaban J connectivity index is 2.27. The topological polar surface area (TPSA) is 51.2 Å². The number of carbonyl (C=O) groups is 1. The molecule has 0 unspecified atom stereocenters. The largest absolute Gasteiger partial charge is 0.449 e. The molecule has 0 saturated heterocycles. The van der Waals surface area contributed by atoms with Gasteiger partial charge in [0.25, 0.3) is 6.08 Å². The van der Waals surface area contributed by atoms with Gasteiger partial charge in [0.2, 0.25) is 0 Å². The van der Waals surface area contributed by atoms with Crippen LogP contribution in [0.5, 0.6) is 0 Å². The van der Waals surface area contributed by atoms with E-state index in [1.807, 2.05) is 0 Å². The van der Waals surface area contributed by atoms with E-state index < -0.39 is 12.2 Å². The highest BCUT2D eigenvalue weighted by molar-refractivity contribution is 6.32. The van der Waals surface area contributed by atoms with E-state index in [-0.39, 0.29) is 17.3 Å². The summed E-state index contributed by atoms with van der Waals surface area (Å²) in [5, 5.41) is 2.66. The van der Waals surface area contributed by atoms with Crippen molar-refractivity contribution in [1.29, 1.82) is 0 Å². The van der Waals surface area contributed by atoms with E-state index in [1.165, 1.54) is 6.92 Å². The number of nitrogens with zero attached hydrogens (tertiary/aromatic N) is 1. The quantitative estimate of drug-likeness (QED) is 0.597. The lowest BCUT2D eigenvalue weighted by atomic mass is 10.1. The number of unbranched alkanes of at least 4 members (excludes halogenated alkanes) is 1. The van der Waals surface area contributed by atoms with Gasteiger partial charge in [-0.05, 0) is 50.8 Å². The van der Waals surface area contributed by atoms with Crippen LogP contribution in [0.4, 0.5) is 19.3 Å². The van der Waals surface area contributed by atoms with Crippen LogP contribution in [0.3, 0.4) is 0 Å². The number of ether oxygens (including phenoxy) is 1. The van der Waals surface area contributed by atoms with Gasteiger partial charge in [-0.3, -0.25) is 5.32 Å². The van der Waals surface area contributed by atoms with Crippen molar-refractivity contribution < 1.29 is 18.3 Å². The number of pyridine rings is 1. The molecule has 0 fully saturated rings. The standard InChI is InChI=1S/C14H17ClF2N2O2/c1-9(13(16)17)5-3-4-8-21-14(20)19-11-7-6-10(2)18-12(11)15/h6-7H,3-5,8H2,1-2H3,(H,19,20). The highest BCUT2D eigenvalue weighted by atomic mass is 35.5. The average molecular weight is 319 g/mol. The third-order valence-electron chi connectivity index (χ3n) is 2.73. The number of amides is 1. The van der Waals surface area contributed by atoms with Crippen molar-refractivity contribution in [3.63, 3.8) is 0 Å². The van der Waals surface area contributed by atoms with Gasteiger partial charge in [0.1, 0.15) is 0 Å². The van der Waals surface area contributed by atoms with Crippen LogP contribution in [0.1, 0.15) is 31.9 Å². The van der Waals surface area contributed by atoms with Gasteiger partial charge < -0.3 is 4.74 Å². The SMILES string of the molecule is CC(CCCCOC(=O)Nc1ccc(C)nc1Cl)=C(F)F. The Morgan fingerprint density at radius 2 is 2.10 bits per heavy atom. The first-order valence-electron chi connectivity index (χ1n) is 6.48. The van der Waals surface area contributed by atoms with Crippen molar-refractivity contribution in [2.24, 2.45) is 0 Å². The first-order chi connectivity index (χ1) is 9.90. The number of halogens is 3. The maximum atomic E-state index is 12.1. The minimum Gasteiger partial charge on any atom is -0.449 e. The molecule has 0 aliphatic rings. The van der Waals surface area contributed by atoms with Gasteiger partial charge in [-0.1, -0.05) is 11.6 Å². The maximum absolute atomic E-state index is 12.1. The van der Waals surface area contributed by atoms with Gasteiger partial charge in [0.05, 0.1) is 12.3 Å². The fourth-order valence-electron chi connectivity index (χ4n) is 1.52. The molecular weight excluding hydrogens is 302 g/mol. The number of allylic oxidation sites excluding steroid dienone is 1. The van der Waals surface area contributed by atoms with Crippen LogP contribution in [-0.2, 0) is 4.74 Å². The second kappa shape index (κ2) is 8.56. The molecule has 4 nitrogen and oxygen atoms in total. The molecule has 1 rings (SSSR count). The molecule has 21 heavy (non-hydrogen) atoms. The van der Waals surface area contributed by atoms with Crippen LogP contribution in [0.25, 0.3) is 0 Å². The van der Waals surface area contributed by atoms with Crippen molar-refractivity contribution in [3.8, 4) is 0 Å². The summed E-state index contributed by atoms with van der Waals surface area (Å²) in [6.07, 6.45) is -0.955. The lowest BCUT2D eigenvalue weighted by molar-refractivity contribution is 0.159. The Bertz CT molecular complexity index is 532. The van der Waals surface area contributed by atoms with E-state index in [2.05, 4.69) is 10.3 Å². The Kier molecular flexibility index (Phi) is 7.08. The third kappa shape index (κ3) is 6.53. The summed E-state index contributed by atoms with van der Waals surface area (Å²) >= 11 is 5.86. The van der Waals surface area contributed by atoms with Crippen molar-refractivity contribution in [1.82, 2.24) is 4.98 Å². The first kappa shape index (κ1) is 17.4. The number of carbonyl (C=O) groups excluding carboxylic acids is 1. The van der Waals surface area contributed by atoms with E-state index in [0.717, 1.165) is 5.69 Å². The van der Waals surface area contributed by atoms with Crippen molar-refractivity contribution in [3.05, 3.63) is 34.6 Å². The summed E-state index contributed by atoms with van der Waals surface area (Å²) in [6.45, 7) is 3.32. The molecule has 7 heteroatoms. The van der Waals surface area contributed by atoms with Crippen molar-refractivity contribution in [2.75, 3.05) is 11.9 Å². The van der Waals surface area contributed by atoms with Gasteiger partial charge >= 0.3 is 6.09 Å². The summed E-state index contributed by atoms with van der Waals surface area (Å²) < 4.78 is 29.2. The Hall–Kier alpha value is -1.69. The normalized spacial score (nSPS) is 10.1. The molecule has 0 aromatic carbocycles. The zero-order valence-corrected chi connectivity index (χ0v) is 12.6. The Morgan fingerprint density at radius 3 is 2.71 bits per heavy atom. The van der Waals surface area contributed by atoms with Crippen LogP contribution in [0.15, 0.2) is 23.8 Å². The van der Waals surface area contributed by atoms with Crippen LogP contribution in [0, 0.1) is 6.92 Å². The van der Waals surface area contributed by atoms with Gasteiger partial charge in [-0.25, -0.2) is 9.78 Å². The number of hydrogen-bond acceptors (Lipinski definition) is 3. The van der Waals surface area contributed by atoms with Gasteiger partial charge in [-0.2, -0.15) is 8.78 Å². The molecule has 1 aromatic heterocycles. The number of hydrogen-bond donors (Lipinski definition) is 1. The molecule has 0 spiro atoms. The highest BCUT2D eigenvalue weighted by Crippen LogP contribution is 2.19. The number of anilines is 1. The molecule has 0 saturated carbocycles. The van der Waals surface area contributed by atoms with Gasteiger partial charge in [0, 0.05) is 5.69 Å². The second-order valence-electron chi connectivity index (χ2n) is 4.55. The molecule has 0 aliphatic heterocycles. The zero-order valence-electron chi connectivity index (χ0n) is 11.9. The Morgan fingerprint density at radius 1 is 1.38 bits per heavy atom. The number of rotatable bonds is 6. The van der Waals surface area contributed by atoms with Crippen LogP contribution in [-0.4, -0.2) is 17.7 Å². The van der Waals surface area contributed by atoms with Gasteiger partial charge in [-0.15, -0.1) is 0 Å². The second-order valence-corrected chi connectivity index (χ2v) is 4.91. The number of aryl methyl sites for hydroxylation is 1. The molecule has 0 radical (unpaired) electrons. The van der Waals surface area contributed by atoms with Crippen LogP contribution in [0.2, 0.25) is 5.15 Å². The number of aromatic nitrogens is 1.